The van der Waals surface area contributed by atoms with Gasteiger partial charge in [-0.05, 0) is 17.7 Å². The molecule has 4 nitrogen and oxygen atoms in total. The molecule has 2 aromatic rings. The molecule has 21 heavy (non-hydrogen) atoms. The van der Waals surface area contributed by atoms with Crippen molar-refractivity contribution in [3.8, 4) is 5.75 Å². The Morgan fingerprint density at radius 1 is 1.29 bits per heavy atom. The third-order valence-electron chi connectivity index (χ3n) is 2.70. The predicted octanol–water partition coefficient (Wildman–Crippen LogP) is 3.21. The van der Waals surface area contributed by atoms with Crippen LogP contribution in [0.25, 0.3) is 0 Å². The molecular weight excluding hydrogens is 288 g/mol. The molecule has 0 amide bonds. The van der Waals surface area contributed by atoms with Crippen LogP contribution in [-0.2, 0) is 13.2 Å². The predicted molar refractivity (Wildman–Crippen MR) is 82.7 cm³/mol. The van der Waals surface area contributed by atoms with Gasteiger partial charge in [-0.15, -0.1) is 11.8 Å². The largest absolute Gasteiger partial charge is 0.482 e. The highest BCUT2D eigenvalue weighted by Crippen LogP contribution is 2.23. The van der Waals surface area contributed by atoms with Crippen molar-refractivity contribution in [3.05, 3.63) is 58.1 Å². The maximum Gasteiger partial charge on any atom is 0.227 e. The molecule has 1 heterocycles. The second kappa shape index (κ2) is 7.33. The molecule has 0 radical (unpaired) electrons. The second-order valence-corrected chi connectivity index (χ2v) is 6.48. The number of thioether (sulfide) groups is 1. The van der Waals surface area contributed by atoms with Crippen LogP contribution in [0.15, 0.2) is 50.7 Å². The highest BCUT2D eigenvalue weighted by atomic mass is 32.2. The third-order valence-corrected chi connectivity index (χ3v) is 3.71. The zero-order valence-corrected chi connectivity index (χ0v) is 12.9. The summed E-state index contributed by atoms with van der Waals surface area (Å²) in [6, 6.07) is 9.28. The molecule has 2 rings (SSSR count). The van der Waals surface area contributed by atoms with Crippen LogP contribution < -0.4 is 10.2 Å². The van der Waals surface area contributed by atoms with E-state index in [-0.39, 0.29) is 23.5 Å². The van der Waals surface area contributed by atoms with E-state index in [4.69, 9.17) is 14.3 Å². The second-order valence-electron chi connectivity index (χ2n) is 4.83. The van der Waals surface area contributed by atoms with Gasteiger partial charge in [0.2, 0.25) is 11.2 Å². The molecule has 0 aliphatic heterocycles. The van der Waals surface area contributed by atoms with Gasteiger partial charge in [0.1, 0.15) is 25.2 Å². The molecule has 0 saturated carbocycles. The molecule has 0 aliphatic carbocycles. The van der Waals surface area contributed by atoms with E-state index in [1.54, 1.807) is 11.8 Å². The minimum Gasteiger partial charge on any atom is -0.482 e. The Bertz CT molecular complexity index is 631. The minimum absolute atomic E-state index is 0.146. The average molecular weight is 306 g/mol. The standard InChI is InChI=1S/C16H18O4S/c1-11(2)21-14-5-3-12(4-6-14)9-20-16-10-19-13(8-17)7-15(16)18/h3-7,10-11,17H,8-9H2,1-2H3. The van der Waals surface area contributed by atoms with Crippen LogP contribution in [0.3, 0.4) is 0 Å². The summed E-state index contributed by atoms with van der Waals surface area (Å²) in [5.74, 6) is 0.371. The van der Waals surface area contributed by atoms with Gasteiger partial charge in [0.15, 0.2) is 0 Å². The lowest BCUT2D eigenvalue weighted by molar-refractivity contribution is 0.236. The van der Waals surface area contributed by atoms with Gasteiger partial charge in [0, 0.05) is 16.2 Å². The first-order chi connectivity index (χ1) is 10.1. The van der Waals surface area contributed by atoms with Crippen LogP contribution in [0, 0.1) is 0 Å². The molecule has 0 unspecified atom stereocenters. The van der Waals surface area contributed by atoms with Crippen molar-refractivity contribution in [2.24, 2.45) is 0 Å². The van der Waals surface area contributed by atoms with E-state index in [1.807, 2.05) is 24.3 Å². The molecule has 0 aliphatic rings. The Morgan fingerprint density at radius 2 is 2.00 bits per heavy atom. The van der Waals surface area contributed by atoms with Gasteiger partial charge in [-0.2, -0.15) is 0 Å². The summed E-state index contributed by atoms with van der Waals surface area (Å²) in [6.07, 6.45) is 1.23. The van der Waals surface area contributed by atoms with Crippen LogP contribution in [0.2, 0.25) is 0 Å². The van der Waals surface area contributed by atoms with Gasteiger partial charge < -0.3 is 14.3 Å². The zero-order valence-electron chi connectivity index (χ0n) is 12.0. The molecule has 1 aromatic heterocycles. The molecular formula is C16H18O4S. The summed E-state index contributed by atoms with van der Waals surface area (Å²) >= 11 is 1.80. The summed E-state index contributed by atoms with van der Waals surface area (Å²) in [5.41, 5.74) is 0.686. The SMILES string of the molecule is CC(C)Sc1ccc(COc2coc(CO)cc2=O)cc1. The molecule has 0 fully saturated rings. The maximum atomic E-state index is 11.7. The smallest absolute Gasteiger partial charge is 0.227 e. The normalized spacial score (nSPS) is 10.9. The Hall–Kier alpha value is -1.72. The number of aliphatic hydroxyl groups is 1. The van der Waals surface area contributed by atoms with Crippen molar-refractivity contribution in [1.29, 1.82) is 0 Å². The fourth-order valence-corrected chi connectivity index (χ4v) is 2.56. The summed E-state index contributed by atoms with van der Waals surface area (Å²) in [5, 5.41) is 9.42. The number of hydrogen-bond donors (Lipinski definition) is 1. The maximum absolute atomic E-state index is 11.7. The number of rotatable bonds is 6. The Labute approximate surface area is 127 Å². The molecule has 0 spiro atoms. The fraction of sp³-hybridized carbons (Fsp3) is 0.312. The van der Waals surface area contributed by atoms with Crippen LogP contribution in [0.5, 0.6) is 5.75 Å². The number of benzene rings is 1. The van der Waals surface area contributed by atoms with Crippen molar-refractivity contribution in [1.82, 2.24) is 0 Å². The fourth-order valence-electron chi connectivity index (χ4n) is 1.72. The van der Waals surface area contributed by atoms with Gasteiger partial charge in [-0.1, -0.05) is 26.0 Å². The quantitative estimate of drug-likeness (QED) is 0.830. The first-order valence-electron chi connectivity index (χ1n) is 6.69. The topological polar surface area (TPSA) is 59.7 Å². The van der Waals surface area contributed by atoms with Gasteiger partial charge in [0.05, 0.1) is 0 Å². The first-order valence-corrected chi connectivity index (χ1v) is 7.57. The molecule has 1 N–H and O–H groups in total. The molecule has 112 valence electrons. The van der Waals surface area contributed by atoms with Gasteiger partial charge in [-0.3, -0.25) is 4.79 Å². The van der Waals surface area contributed by atoms with Crippen molar-refractivity contribution in [3.63, 3.8) is 0 Å². The van der Waals surface area contributed by atoms with E-state index < -0.39 is 0 Å². The Kier molecular flexibility index (Phi) is 5.47. The van der Waals surface area contributed by atoms with E-state index in [9.17, 15) is 4.79 Å². The van der Waals surface area contributed by atoms with Crippen LogP contribution in [-0.4, -0.2) is 10.4 Å². The van der Waals surface area contributed by atoms with Crippen molar-refractivity contribution < 1.29 is 14.3 Å². The van der Waals surface area contributed by atoms with Gasteiger partial charge in [-0.25, -0.2) is 0 Å². The lowest BCUT2D eigenvalue weighted by atomic mass is 10.2. The summed E-state index contributed by atoms with van der Waals surface area (Å²) in [4.78, 5) is 12.9. The zero-order chi connectivity index (χ0) is 15.2. The molecule has 1 aromatic carbocycles. The summed E-state index contributed by atoms with van der Waals surface area (Å²) in [7, 11) is 0. The van der Waals surface area contributed by atoms with Crippen LogP contribution >= 0.6 is 11.8 Å². The van der Waals surface area contributed by atoms with E-state index in [1.165, 1.54) is 17.2 Å². The Morgan fingerprint density at radius 3 is 2.57 bits per heavy atom. The van der Waals surface area contributed by atoms with Crippen molar-refractivity contribution >= 4 is 11.8 Å². The van der Waals surface area contributed by atoms with E-state index in [0.717, 1.165) is 5.56 Å². The third kappa shape index (κ3) is 4.65. The number of ether oxygens (including phenoxy) is 1. The van der Waals surface area contributed by atoms with Gasteiger partial charge in [0.25, 0.3) is 0 Å². The van der Waals surface area contributed by atoms with E-state index in [2.05, 4.69) is 13.8 Å². The monoisotopic (exact) mass is 306 g/mol. The highest BCUT2D eigenvalue weighted by Gasteiger charge is 2.05. The first kappa shape index (κ1) is 15.7. The number of aliphatic hydroxyl groups excluding tert-OH is 1. The van der Waals surface area contributed by atoms with Crippen molar-refractivity contribution in [2.75, 3.05) is 0 Å². The summed E-state index contributed by atoms with van der Waals surface area (Å²) in [6.45, 7) is 4.30. The van der Waals surface area contributed by atoms with Crippen LogP contribution in [0.4, 0.5) is 0 Å². The van der Waals surface area contributed by atoms with Crippen molar-refractivity contribution in [2.45, 2.75) is 37.2 Å². The molecule has 0 atom stereocenters. The molecule has 0 saturated heterocycles. The highest BCUT2D eigenvalue weighted by molar-refractivity contribution is 7.99. The summed E-state index contributed by atoms with van der Waals surface area (Å²) < 4.78 is 10.5. The molecule has 0 bridgehead atoms. The van der Waals surface area contributed by atoms with Gasteiger partial charge >= 0.3 is 0 Å². The number of hydrogen-bond acceptors (Lipinski definition) is 5. The van der Waals surface area contributed by atoms with E-state index in [0.29, 0.717) is 11.9 Å². The lowest BCUT2D eigenvalue weighted by Gasteiger charge is -2.08. The lowest BCUT2D eigenvalue weighted by Crippen LogP contribution is -2.07. The Balaban J connectivity index is 1.98. The molecule has 5 heteroatoms. The van der Waals surface area contributed by atoms with E-state index >= 15 is 0 Å². The minimum atomic E-state index is -0.301. The van der Waals surface area contributed by atoms with Crippen LogP contribution in [0.1, 0.15) is 25.2 Å². The average Bonchev–Trinajstić information content (AvgIpc) is 2.47.